The summed E-state index contributed by atoms with van der Waals surface area (Å²) in [5.41, 5.74) is 2.44. The first kappa shape index (κ1) is 15.2. The maximum Gasteiger partial charge on any atom is 0.238 e. The fraction of sp³-hybridized carbons (Fsp3) is 0.286. The minimum Gasteiger partial charge on any atom is -0.392 e. The first-order valence-corrected chi connectivity index (χ1v) is 8.44. The molecule has 0 bridgehead atoms. The van der Waals surface area contributed by atoms with Gasteiger partial charge in [-0.3, -0.25) is 4.79 Å². The topological polar surface area (TPSA) is 40.5 Å². The number of hydrogen-bond donors (Lipinski definition) is 1. The van der Waals surface area contributed by atoms with Crippen molar-refractivity contribution in [3.8, 4) is 0 Å². The molecule has 0 aromatic heterocycles. The third-order valence-electron chi connectivity index (χ3n) is 5.56. The number of rotatable bonds is 3. The highest BCUT2D eigenvalue weighted by Crippen LogP contribution is 2.55. The molecule has 1 N–H and O–H groups in total. The zero-order valence-electron chi connectivity index (χ0n) is 13.6. The van der Waals surface area contributed by atoms with Crippen LogP contribution >= 0.6 is 0 Å². The van der Waals surface area contributed by atoms with Crippen LogP contribution in [0.1, 0.15) is 24.0 Å². The summed E-state index contributed by atoms with van der Waals surface area (Å²) in [6, 6.07) is 18.0. The Hall–Kier alpha value is -2.39. The van der Waals surface area contributed by atoms with Crippen LogP contribution in [0.4, 0.5) is 5.69 Å². The molecule has 1 aliphatic heterocycles. The van der Waals surface area contributed by atoms with Crippen LogP contribution in [-0.4, -0.2) is 17.1 Å². The number of fused-ring (bicyclic) bond motifs is 2. The van der Waals surface area contributed by atoms with Gasteiger partial charge in [0.2, 0.25) is 5.91 Å². The molecule has 1 aliphatic carbocycles. The molecule has 1 fully saturated rings. The highest BCUT2D eigenvalue weighted by molar-refractivity contribution is 6.08. The number of anilines is 1. The van der Waals surface area contributed by atoms with E-state index in [2.05, 4.69) is 6.58 Å². The summed E-state index contributed by atoms with van der Waals surface area (Å²) in [6.45, 7) is 4.45. The maximum absolute atomic E-state index is 13.5. The van der Waals surface area contributed by atoms with Crippen LogP contribution in [0.3, 0.4) is 0 Å². The lowest BCUT2D eigenvalue weighted by Crippen LogP contribution is -2.43. The highest BCUT2D eigenvalue weighted by Gasteiger charge is 2.59. The van der Waals surface area contributed by atoms with Crippen molar-refractivity contribution in [3.05, 3.63) is 78.4 Å². The zero-order valence-corrected chi connectivity index (χ0v) is 13.6. The van der Waals surface area contributed by atoms with E-state index in [-0.39, 0.29) is 11.8 Å². The Bertz CT molecular complexity index is 785. The third-order valence-corrected chi connectivity index (χ3v) is 5.56. The first-order valence-electron chi connectivity index (χ1n) is 8.44. The summed E-state index contributed by atoms with van der Waals surface area (Å²) >= 11 is 0. The number of aliphatic hydroxyl groups excluding tert-OH is 1. The second-order valence-corrected chi connectivity index (χ2v) is 6.73. The Morgan fingerprint density at radius 2 is 1.88 bits per heavy atom. The predicted octanol–water partition coefficient (Wildman–Crippen LogP) is 3.43. The van der Waals surface area contributed by atoms with Gasteiger partial charge in [0.15, 0.2) is 0 Å². The van der Waals surface area contributed by atoms with Gasteiger partial charge in [0, 0.05) is 11.6 Å². The Morgan fingerprint density at radius 1 is 1.17 bits per heavy atom. The minimum absolute atomic E-state index is 0.0917. The normalized spacial score (nSPS) is 28.4. The number of carbonyl (C=O) groups excluding carboxylic acids is 1. The maximum atomic E-state index is 13.5. The lowest BCUT2D eigenvalue weighted by atomic mass is 9.72. The molecule has 1 amide bonds. The Balaban J connectivity index is 1.82. The molecule has 1 heterocycles. The average Bonchev–Trinajstić information content (AvgIpc) is 3.07. The number of nitrogens with zero attached hydrogens (tertiary/aromatic N) is 1. The molecule has 2 aromatic carbocycles. The Labute approximate surface area is 142 Å². The van der Waals surface area contributed by atoms with E-state index in [1.54, 1.807) is 6.08 Å². The summed E-state index contributed by atoms with van der Waals surface area (Å²) < 4.78 is 0. The summed E-state index contributed by atoms with van der Waals surface area (Å²) in [7, 11) is 0. The lowest BCUT2D eigenvalue weighted by molar-refractivity contribution is -0.124. The monoisotopic (exact) mass is 319 g/mol. The van der Waals surface area contributed by atoms with E-state index in [4.69, 9.17) is 0 Å². The van der Waals surface area contributed by atoms with Gasteiger partial charge in [0.05, 0.1) is 18.1 Å². The van der Waals surface area contributed by atoms with Crippen molar-refractivity contribution >= 4 is 11.6 Å². The van der Waals surface area contributed by atoms with Crippen molar-refractivity contribution in [1.29, 1.82) is 0 Å². The van der Waals surface area contributed by atoms with Crippen LogP contribution in [-0.2, 0) is 16.8 Å². The largest absolute Gasteiger partial charge is 0.392 e. The molecule has 3 nitrogen and oxygen atoms in total. The van der Waals surface area contributed by atoms with Gasteiger partial charge in [-0.1, -0.05) is 54.6 Å². The van der Waals surface area contributed by atoms with E-state index in [9.17, 15) is 9.90 Å². The van der Waals surface area contributed by atoms with Crippen molar-refractivity contribution in [2.24, 2.45) is 5.92 Å². The van der Waals surface area contributed by atoms with Crippen LogP contribution in [0.2, 0.25) is 0 Å². The van der Waals surface area contributed by atoms with Crippen molar-refractivity contribution in [2.75, 3.05) is 4.90 Å². The zero-order chi connectivity index (χ0) is 16.7. The van der Waals surface area contributed by atoms with E-state index in [1.807, 2.05) is 59.5 Å². The van der Waals surface area contributed by atoms with Gasteiger partial charge in [-0.15, -0.1) is 6.58 Å². The molecule has 0 saturated heterocycles. The van der Waals surface area contributed by atoms with E-state index in [0.717, 1.165) is 16.8 Å². The van der Waals surface area contributed by atoms with Crippen molar-refractivity contribution in [2.45, 2.75) is 30.9 Å². The summed E-state index contributed by atoms with van der Waals surface area (Å²) in [5.74, 6) is -0.138. The molecule has 2 aliphatic rings. The molecule has 24 heavy (non-hydrogen) atoms. The van der Waals surface area contributed by atoms with E-state index in [0.29, 0.717) is 19.4 Å². The fourth-order valence-corrected chi connectivity index (χ4v) is 4.45. The second kappa shape index (κ2) is 5.60. The molecular weight excluding hydrogens is 298 g/mol. The van der Waals surface area contributed by atoms with E-state index < -0.39 is 11.5 Å². The third kappa shape index (κ3) is 1.98. The number of aliphatic hydroxyl groups is 1. The van der Waals surface area contributed by atoms with Gasteiger partial charge in [0.25, 0.3) is 0 Å². The highest BCUT2D eigenvalue weighted by atomic mass is 16.3. The quantitative estimate of drug-likeness (QED) is 0.881. The fourth-order valence-electron chi connectivity index (χ4n) is 4.45. The van der Waals surface area contributed by atoms with Gasteiger partial charge in [-0.2, -0.15) is 0 Å². The molecule has 3 heteroatoms. The number of benzene rings is 2. The van der Waals surface area contributed by atoms with Gasteiger partial charge in [-0.05, 0) is 30.0 Å². The molecule has 4 rings (SSSR count). The number of amides is 1. The lowest BCUT2D eigenvalue weighted by Gasteiger charge is -2.30. The molecule has 2 aromatic rings. The van der Waals surface area contributed by atoms with Crippen LogP contribution in [0.5, 0.6) is 0 Å². The molecule has 1 saturated carbocycles. The van der Waals surface area contributed by atoms with Gasteiger partial charge >= 0.3 is 0 Å². The summed E-state index contributed by atoms with van der Waals surface area (Å²) in [6.07, 6.45) is 2.57. The van der Waals surface area contributed by atoms with Gasteiger partial charge in [0.1, 0.15) is 0 Å². The number of hydrogen-bond acceptors (Lipinski definition) is 2. The second-order valence-electron chi connectivity index (χ2n) is 6.73. The molecule has 122 valence electrons. The molecule has 3 atom stereocenters. The van der Waals surface area contributed by atoms with Gasteiger partial charge in [-0.25, -0.2) is 0 Å². The number of carbonyl (C=O) groups is 1. The standard InChI is InChI=1S/C21H21NO2/c1-2-16-19(23)12-13-21(16)17-10-6-7-11-18(17)22(20(21)24)14-15-8-4-3-5-9-15/h2-11,16,19,23H,1,12-14H2/t16-,19+,21-/m0/s1. The van der Waals surface area contributed by atoms with Crippen molar-refractivity contribution in [1.82, 2.24) is 0 Å². The average molecular weight is 319 g/mol. The van der Waals surface area contributed by atoms with Crippen LogP contribution in [0, 0.1) is 5.92 Å². The smallest absolute Gasteiger partial charge is 0.238 e. The number of para-hydroxylation sites is 1. The van der Waals surface area contributed by atoms with Crippen LogP contribution in [0.25, 0.3) is 0 Å². The van der Waals surface area contributed by atoms with Crippen molar-refractivity contribution in [3.63, 3.8) is 0 Å². The van der Waals surface area contributed by atoms with E-state index in [1.165, 1.54) is 0 Å². The van der Waals surface area contributed by atoms with E-state index >= 15 is 0 Å². The summed E-state index contributed by atoms with van der Waals surface area (Å²) in [4.78, 5) is 15.3. The van der Waals surface area contributed by atoms with Crippen LogP contribution < -0.4 is 4.90 Å². The van der Waals surface area contributed by atoms with Crippen molar-refractivity contribution < 1.29 is 9.90 Å². The Kier molecular flexibility index (Phi) is 3.54. The molecule has 1 spiro atoms. The summed E-state index contributed by atoms with van der Waals surface area (Å²) in [5, 5.41) is 10.4. The SMILES string of the molecule is C=C[C@H]1[C@H](O)CC[C@]12C(=O)N(Cc1ccccc1)c1ccccc12. The first-order chi connectivity index (χ1) is 11.7. The van der Waals surface area contributed by atoms with Gasteiger partial charge < -0.3 is 10.0 Å². The van der Waals surface area contributed by atoms with Crippen LogP contribution in [0.15, 0.2) is 67.3 Å². The molecule has 0 unspecified atom stereocenters. The molecule has 0 radical (unpaired) electrons. The predicted molar refractivity (Wildman–Crippen MR) is 94.7 cm³/mol. The molecular formula is C21H21NO2. The minimum atomic E-state index is -0.660. The Morgan fingerprint density at radius 3 is 2.62 bits per heavy atom.